The predicted molar refractivity (Wildman–Crippen MR) is 61.4 cm³/mol. The monoisotopic (exact) mass is 272 g/mol. The van der Waals surface area contributed by atoms with Gasteiger partial charge in [0.25, 0.3) is 0 Å². The molecule has 102 valence electrons. The Morgan fingerprint density at radius 1 is 1.26 bits per heavy atom. The number of nitrogens with zero attached hydrogens (tertiary/aromatic N) is 2. The van der Waals surface area contributed by atoms with Crippen LogP contribution in [0, 0.1) is 0 Å². The second-order valence-electron chi connectivity index (χ2n) is 3.79. The SMILES string of the molecule is OCCn1cc(-c2cccc(OC(F)(F)F)c2)cn1. The lowest BCUT2D eigenvalue weighted by atomic mass is 10.1. The second-order valence-corrected chi connectivity index (χ2v) is 3.79. The number of aliphatic hydroxyl groups excluding tert-OH is 1. The summed E-state index contributed by atoms with van der Waals surface area (Å²) in [5.74, 6) is -0.278. The van der Waals surface area contributed by atoms with Crippen LogP contribution in [0.5, 0.6) is 5.75 Å². The second kappa shape index (κ2) is 5.31. The van der Waals surface area contributed by atoms with Gasteiger partial charge in [0.1, 0.15) is 5.75 Å². The first-order chi connectivity index (χ1) is 8.98. The van der Waals surface area contributed by atoms with Crippen LogP contribution in [0.3, 0.4) is 0 Å². The molecule has 7 heteroatoms. The molecule has 1 N–H and O–H groups in total. The van der Waals surface area contributed by atoms with Crippen LogP contribution in [0.25, 0.3) is 11.1 Å². The Morgan fingerprint density at radius 2 is 2.05 bits per heavy atom. The van der Waals surface area contributed by atoms with Crippen LogP contribution in [0.1, 0.15) is 0 Å². The zero-order valence-corrected chi connectivity index (χ0v) is 9.76. The summed E-state index contributed by atoms with van der Waals surface area (Å²) in [5, 5.41) is 12.7. The predicted octanol–water partition coefficient (Wildman–Crippen LogP) is 2.44. The summed E-state index contributed by atoms with van der Waals surface area (Å²) in [6.07, 6.45) is -1.55. The summed E-state index contributed by atoms with van der Waals surface area (Å²) >= 11 is 0. The van der Waals surface area contributed by atoms with Gasteiger partial charge in [-0.2, -0.15) is 5.10 Å². The largest absolute Gasteiger partial charge is 0.573 e. The molecular weight excluding hydrogens is 261 g/mol. The van der Waals surface area contributed by atoms with Gasteiger partial charge >= 0.3 is 6.36 Å². The van der Waals surface area contributed by atoms with Crippen molar-refractivity contribution >= 4 is 0 Å². The summed E-state index contributed by atoms with van der Waals surface area (Å²) in [5.41, 5.74) is 1.21. The van der Waals surface area contributed by atoms with E-state index in [0.29, 0.717) is 17.7 Å². The normalized spacial score (nSPS) is 11.6. The van der Waals surface area contributed by atoms with Gasteiger partial charge in [0.05, 0.1) is 19.3 Å². The molecule has 0 fully saturated rings. The maximum atomic E-state index is 12.1. The number of benzene rings is 1. The van der Waals surface area contributed by atoms with Crippen molar-refractivity contribution in [1.82, 2.24) is 9.78 Å². The Morgan fingerprint density at radius 3 is 2.74 bits per heavy atom. The molecule has 0 saturated carbocycles. The Kier molecular flexibility index (Phi) is 3.75. The fourth-order valence-electron chi connectivity index (χ4n) is 1.61. The third-order valence-electron chi connectivity index (χ3n) is 2.36. The van der Waals surface area contributed by atoms with Crippen LogP contribution >= 0.6 is 0 Å². The highest BCUT2D eigenvalue weighted by Crippen LogP contribution is 2.27. The fraction of sp³-hybridized carbons (Fsp3) is 0.250. The van der Waals surface area contributed by atoms with E-state index in [1.807, 2.05) is 0 Å². The minimum absolute atomic E-state index is 0.0572. The first-order valence-corrected chi connectivity index (χ1v) is 5.47. The maximum Gasteiger partial charge on any atom is 0.573 e. The smallest absolute Gasteiger partial charge is 0.406 e. The number of alkyl halides is 3. The van der Waals surface area contributed by atoms with Crippen molar-refractivity contribution in [3.63, 3.8) is 0 Å². The molecule has 0 aliphatic heterocycles. The van der Waals surface area contributed by atoms with E-state index in [2.05, 4.69) is 9.84 Å². The highest BCUT2D eigenvalue weighted by molar-refractivity contribution is 5.63. The van der Waals surface area contributed by atoms with Gasteiger partial charge in [-0.25, -0.2) is 0 Å². The van der Waals surface area contributed by atoms with Crippen molar-refractivity contribution < 1.29 is 23.0 Å². The van der Waals surface area contributed by atoms with E-state index in [9.17, 15) is 13.2 Å². The lowest BCUT2D eigenvalue weighted by Gasteiger charge is -2.09. The van der Waals surface area contributed by atoms with Gasteiger partial charge < -0.3 is 9.84 Å². The molecular formula is C12H11F3N2O2. The highest BCUT2D eigenvalue weighted by Gasteiger charge is 2.31. The van der Waals surface area contributed by atoms with Crippen LogP contribution in [-0.2, 0) is 6.54 Å². The molecule has 0 aliphatic rings. The van der Waals surface area contributed by atoms with Gasteiger partial charge in [-0.15, -0.1) is 13.2 Å². The molecule has 0 bridgehead atoms. The van der Waals surface area contributed by atoms with Crippen molar-refractivity contribution in [2.75, 3.05) is 6.61 Å². The van der Waals surface area contributed by atoms with Gasteiger partial charge in [0.15, 0.2) is 0 Å². The Labute approximate surface area is 107 Å². The van der Waals surface area contributed by atoms with Gasteiger partial charge in [-0.05, 0) is 17.7 Å². The van der Waals surface area contributed by atoms with Crippen LogP contribution < -0.4 is 4.74 Å². The molecule has 1 heterocycles. The van der Waals surface area contributed by atoms with Crippen molar-refractivity contribution in [3.8, 4) is 16.9 Å². The zero-order valence-electron chi connectivity index (χ0n) is 9.76. The molecule has 0 spiro atoms. The van der Waals surface area contributed by atoms with E-state index in [4.69, 9.17) is 5.11 Å². The minimum atomic E-state index is -4.71. The van der Waals surface area contributed by atoms with Crippen LogP contribution in [-0.4, -0.2) is 27.9 Å². The molecule has 2 rings (SSSR count). The molecule has 0 unspecified atom stereocenters. The molecule has 1 aromatic heterocycles. The molecule has 1 aromatic carbocycles. The Bertz CT molecular complexity index is 552. The molecule has 0 saturated heterocycles. The van der Waals surface area contributed by atoms with Gasteiger partial charge in [-0.3, -0.25) is 4.68 Å². The lowest BCUT2D eigenvalue weighted by Crippen LogP contribution is -2.17. The number of aromatic nitrogens is 2. The quantitative estimate of drug-likeness (QED) is 0.930. The van der Waals surface area contributed by atoms with Crippen molar-refractivity contribution in [3.05, 3.63) is 36.7 Å². The molecule has 0 radical (unpaired) electrons. The number of hydrogen-bond acceptors (Lipinski definition) is 3. The molecule has 4 nitrogen and oxygen atoms in total. The third-order valence-corrected chi connectivity index (χ3v) is 2.36. The molecule has 0 aliphatic carbocycles. The lowest BCUT2D eigenvalue weighted by molar-refractivity contribution is -0.274. The van der Waals surface area contributed by atoms with E-state index in [0.717, 1.165) is 0 Å². The van der Waals surface area contributed by atoms with E-state index in [-0.39, 0.29) is 12.4 Å². The van der Waals surface area contributed by atoms with Gasteiger partial charge in [0.2, 0.25) is 0 Å². The number of hydrogen-bond donors (Lipinski definition) is 1. The van der Waals surface area contributed by atoms with Crippen molar-refractivity contribution in [1.29, 1.82) is 0 Å². The average molecular weight is 272 g/mol. The number of halogens is 3. The number of aliphatic hydroxyl groups is 1. The van der Waals surface area contributed by atoms with Crippen molar-refractivity contribution in [2.45, 2.75) is 12.9 Å². The minimum Gasteiger partial charge on any atom is -0.406 e. The number of rotatable bonds is 4. The van der Waals surface area contributed by atoms with E-state index >= 15 is 0 Å². The number of ether oxygens (including phenoxy) is 1. The molecule has 2 aromatic rings. The summed E-state index contributed by atoms with van der Waals surface area (Å²) < 4.78 is 41.7. The van der Waals surface area contributed by atoms with E-state index in [1.54, 1.807) is 12.3 Å². The first kappa shape index (κ1) is 13.4. The van der Waals surface area contributed by atoms with Crippen LogP contribution in [0.2, 0.25) is 0 Å². The summed E-state index contributed by atoms with van der Waals surface area (Å²) in [4.78, 5) is 0. The van der Waals surface area contributed by atoms with E-state index < -0.39 is 6.36 Å². The Hall–Kier alpha value is -2.02. The van der Waals surface area contributed by atoms with E-state index in [1.165, 1.54) is 29.1 Å². The topological polar surface area (TPSA) is 47.3 Å². The maximum absolute atomic E-state index is 12.1. The standard InChI is InChI=1S/C12H11F3N2O2/c13-12(14,15)19-11-3-1-2-9(6-11)10-7-16-17(8-10)4-5-18/h1-3,6-8,18H,4-5H2. The van der Waals surface area contributed by atoms with Gasteiger partial charge in [0, 0.05) is 11.8 Å². The molecule has 0 atom stereocenters. The summed E-state index contributed by atoms with van der Waals surface area (Å²) in [7, 11) is 0. The van der Waals surface area contributed by atoms with Crippen LogP contribution in [0.15, 0.2) is 36.7 Å². The van der Waals surface area contributed by atoms with Gasteiger partial charge in [-0.1, -0.05) is 12.1 Å². The first-order valence-electron chi connectivity index (χ1n) is 5.47. The third kappa shape index (κ3) is 3.72. The molecule has 19 heavy (non-hydrogen) atoms. The Balaban J connectivity index is 2.22. The molecule has 0 amide bonds. The summed E-state index contributed by atoms with van der Waals surface area (Å²) in [6.45, 7) is 0.275. The van der Waals surface area contributed by atoms with Crippen molar-refractivity contribution in [2.24, 2.45) is 0 Å². The summed E-state index contributed by atoms with van der Waals surface area (Å²) in [6, 6.07) is 5.65. The fourth-order valence-corrected chi connectivity index (χ4v) is 1.61. The average Bonchev–Trinajstić information content (AvgIpc) is 2.76. The van der Waals surface area contributed by atoms with Crippen LogP contribution in [0.4, 0.5) is 13.2 Å². The zero-order chi connectivity index (χ0) is 13.9. The highest BCUT2D eigenvalue weighted by atomic mass is 19.4.